The number of nitrogens with one attached hydrogen (secondary N) is 1. The van der Waals surface area contributed by atoms with Gasteiger partial charge in [-0.2, -0.15) is 0 Å². The van der Waals surface area contributed by atoms with Crippen LogP contribution in [0.5, 0.6) is 0 Å². The van der Waals surface area contributed by atoms with Crippen LogP contribution in [0, 0.1) is 0 Å². The standard InChI is InChI=1S/C16H32N4O/c1-12(20-9-5-8-19(4)11-13(20)2)10-16(3,15(17)21)18-14-6-7-14/h12-14,18H,5-11H2,1-4H3,(H2,17,21). The molecule has 0 bridgehead atoms. The topological polar surface area (TPSA) is 61.6 Å². The zero-order chi connectivity index (χ0) is 15.6. The van der Waals surface area contributed by atoms with Crippen molar-refractivity contribution in [2.45, 2.75) is 70.1 Å². The number of amides is 1. The Hall–Kier alpha value is -0.650. The van der Waals surface area contributed by atoms with Crippen LogP contribution in [-0.4, -0.2) is 66.1 Å². The van der Waals surface area contributed by atoms with Crippen molar-refractivity contribution in [3.63, 3.8) is 0 Å². The SMILES string of the molecule is CC1CN(C)CCCN1C(C)CC(C)(NC1CC1)C(N)=O. The molecular formula is C16H32N4O. The van der Waals surface area contributed by atoms with Crippen molar-refractivity contribution in [1.29, 1.82) is 0 Å². The van der Waals surface area contributed by atoms with Gasteiger partial charge in [-0.15, -0.1) is 0 Å². The van der Waals surface area contributed by atoms with Crippen molar-refractivity contribution >= 4 is 5.91 Å². The second kappa shape index (κ2) is 6.63. The maximum Gasteiger partial charge on any atom is 0.237 e. The zero-order valence-electron chi connectivity index (χ0n) is 14.1. The third kappa shape index (κ3) is 4.41. The predicted molar refractivity (Wildman–Crippen MR) is 86.1 cm³/mol. The summed E-state index contributed by atoms with van der Waals surface area (Å²) in [6.07, 6.45) is 4.31. The molecule has 1 saturated heterocycles. The Morgan fingerprint density at radius 3 is 2.67 bits per heavy atom. The van der Waals surface area contributed by atoms with Crippen LogP contribution in [0.15, 0.2) is 0 Å². The number of hydrogen-bond acceptors (Lipinski definition) is 4. The summed E-state index contributed by atoms with van der Waals surface area (Å²) < 4.78 is 0. The van der Waals surface area contributed by atoms with E-state index in [1.807, 2.05) is 6.92 Å². The summed E-state index contributed by atoms with van der Waals surface area (Å²) in [5, 5.41) is 3.46. The molecule has 1 aliphatic carbocycles. The number of nitrogens with zero attached hydrogens (tertiary/aromatic N) is 2. The molecule has 0 aromatic carbocycles. The molecule has 1 aliphatic heterocycles. The first-order valence-electron chi connectivity index (χ1n) is 8.34. The number of rotatable bonds is 6. The number of nitrogens with two attached hydrogens (primary N) is 1. The van der Waals surface area contributed by atoms with Gasteiger partial charge in [0.05, 0.1) is 5.54 Å². The normalized spacial score (nSPS) is 29.6. The number of carbonyl (C=O) groups is 1. The lowest BCUT2D eigenvalue weighted by Gasteiger charge is -2.38. The molecule has 3 N–H and O–H groups in total. The van der Waals surface area contributed by atoms with Gasteiger partial charge in [0.15, 0.2) is 0 Å². The van der Waals surface area contributed by atoms with Crippen LogP contribution in [-0.2, 0) is 4.79 Å². The first-order chi connectivity index (χ1) is 9.82. The molecule has 5 heteroatoms. The van der Waals surface area contributed by atoms with E-state index >= 15 is 0 Å². The molecule has 2 fully saturated rings. The lowest BCUT2D eigenvalue weighted by molar-refractivity contribution is -0.124. The molecule has 2 aliphatic rings. The Labute approximate surface area is 129 Å². The highest BCUT2D eigenvalue weighted by atomic mass is 16.1. The lowest BCUT2D eigenvalue weighted by atomic mass is 9.91. The van der Waals surface area contributed by atoms with Crippen molar-refractivity contribution in [3.05, 3.63) is 0 Å². The van der Waals surface area contributed by atoms with Crippen LogP contribution in [0.25, 0.3) is 0 Å². The largest absolute Gasteiger partial charge is 0.368 e. The van der Waals surface area contributed by atoms with Gasteiger partial charge in [-0.25, -0.2) is 0 Å². The number of primary amides is 1. The summed E-state index contributed by atoms with van der Waals surface area (Å²) in [6.45, 7) is 9.84. The molecule has 0 aromatic heterocycles. The van der Waals surface area contributed by atoms with Gasteiger partial charge in [0.1, 0.15) is 0 Å². The number of carbonyl (C=O) groups excluding carboxylic acids is 1. The highest BCUT2D eigenvalue weighted by Gasteiger charge is 2.39. The molecular weight excluding hydrogens is 264 g/mol. The minimum atomic E-state index is -0.585. The molecule has 2 rings (SSSR count). The van der Waals surface area contributed by atoms with Crippen LogP contribution < -0.4 is 11.1 Å². The number of likely N-dealkylation sites (N-methyl/N-ethyl adjacent to an activating group) is 1. The first kappa shape index (κ1) is 16.7. The average molecular weight is 296 g/mol. The van der Waals surface area contributed by atoms with E-state index in [4.69, 9.17) is 5.73 Å². The summed E-state index contributed by atoms with van der Waals surface area (Å²) in [6, 6.07) is 1.36. The maximum atomic E-state index is 11.9. The molecule has 0 radical (unpaired) electrons. The second-order valence-electron chi connectivity index (χ2n) is 7.37. The van der Waals surface area contributed by atoms with Crippen LogP contribution in [0.2, 0.25) is 0 Å². The Kier molecular flexibility index (Phi) is 5.28. The van der Waals surface area contributed by atoms with Gasteiger partial charge in [-0.1, -0.05) is 0 Å². The summed E-state index contributed by atoms with van der Waals surface area (Å²) in [5.41, 5.74) is 5.10. The summed E-state index contributed by atoms with van der Waals surface area (Å²) >= 11 is 0. The average Bonchev–Trinajstić information content (AvgIpc) is 3.17. The molecule has 21 heavy (non-hydrogen) atoms. The van der Waals surface area contributed by atoms with Gasteiger partial charge in [-0.05, 0) is 66.6 Å². The maximum absolute atomic E-state index is 11.9. The minimum absolute atomic E-state index is 0.221. The Morgan fingerprint density at radius 2 is 2.10 bits per heavy atom. The summed E-state index contributed by atoms with van der Waals surface area (Å²) in [7, 11) is 2.19. The molecule has 1 saturated carbocycles. The molecule has 3 unspecified atom stereocenters. The fourth-order valence-electron chi connectivity index (χ4n) is 3.66. The molecule has 1 heterocycles. The first-order valence-corrected chi connectivity index (χ1v) is 8.34. The Balaban J connectivity index is 1.99. The Bertz CT molecular complexity index is 371. The molecule has 0 spiro atoms. The molecule has 122 valence electrons. The molecule has 5 nitrogen and oxygen atoms in total. The quantitative estimate of drug-likeness (QED) is 0.761. The highest BCUT2D eigenvalue weighted by Crippen LogP contribution is 2.26. The van der Waals surface area contributed by atoms with Crippen molar-refractivity contribution in [2.75, 3.05) is 26.7 Å². The van der Waals surface area contributed by atoms with Gasteiger partial charge in [0, 0.05) is 24.7 Å². The number of hydrogen-bond donors (Lipinski definition) is 2. The fraction of sp³-hybridized carbons (Fsp3) is 0.938. The van der Waals surface area contributed by atoms with E-state index in [0.29, 0.717) is 18.1 Å². The second-order valence-corrected chi connectivity index (χ2v) is 7.37. The molecule has 1 amide bonds. The molecule has 3 atom stereocenters. The lowest BCUT2D eigenvalue weighted by Crippen LogP contribution is -2.58. The van der Waals surface area contributed by atoms with E-state index in [1.165, 1.54) is 19.3 Å². The summed E-state index contributed by atoms with van der Waals surface area (Å²) in [4.78, 5) is 16.9. The van der Waals surface area contributed by atoms with E-state index in [1.54, 1.807) is 0 Å². The van der Waals surface area contributed by atoms with Crippen molar-refractivity contribution in [2.24, 2.45) is 5.73 Å². The highest BCUT2D eigenvalue weighted by molar-refractivity contribution is 5.84. The van der Waals surface area contributed by atoms with Gasteiger partial charge in [-0.3, -0.25) is 9.69 Å². The third-order valence-corrected chi connectivity index (χ3v) is 5.01. The van der Waals surface area contributed by atoms with Gasteiger partial charge < -0.3 is 16.0 Å². The summed E-state index contributed by atoms with van der Waals surface area (Å²) in [5.74, 6) is -0.221. The van der Waals surface area contributed by atoms with Gasteiger partial charge in [0.25, 0.3) is 0 Å². The van der Waals surface area contributed by atoms with E-state index in [-0.39, 0.29) is 5.91 Å². The minimum Gasteiger partial charge on any atom is -0.368 e. The monoisotopic (exact) mass is 296 g/mol. The van der Waals surface area contributed by atoms with E-state index in [2.05, 4.69) is 36.0 Å². The molecule has 0 aromatic rings. The fourth-order valence-corrected chi connectivity index (χ4v) is 3.66. The van der Waals surface area contributed by atoms with Gasteiger partial charge >= 0.3 is 0 Å². The predicted octanol–water partition coefficient (Wildman–Crippen LogP) is 0.787. The van der Waals surface area contributed by atoms with Crippen molar-refractivity contribution in [1.82, 2.24) is 15.1 Å². The van der Waals surface area contributed by atoms with E-state index in [0.717, 1.165) is 26.1 Å². The van der Waals surface area contributed by atoms with Crippen LogP contribution >= 0.6 is 0 Å². The van der Waals surface area contributed by atoms with Crippen molar-refractivity contribution in [3.8, 4) is 0 Å². The van der Waals surface area contributed by atoms with Crippen LogP contribution in [0.1, 0.15) is 46.5 Å². The van der Waals surface area contributed by atoms with Crippen LogP contribution in [0.3, 0.4) is 0 Å². The van der Waals surface area contributed by atoms with Crippen molar-refractivity contribution < 1.29 is 4.79 Å². The zero-order valence-corrected chi connectivity index (χ0v) is 14.1. The van der Waals surface area contributed by atoms with Gasteiger partial charge in [0.2, 0.25) is 5.91 Å². The van der Waals surface area contributed by atoms with Crippen LogP contribution in [0.4, 0.5) is 0 Å². The smallest absolute Gasteiger partial charge is 0.237 e. The van der Waals surface area contributed by atoms with E-state index < -0.39 is 5.54 Å². The van der Waals surface area contributed by atoms with E-state index in [9.17, 15) is 4.79 Å². The Morgan fingerprint density at radius 1 is 1.43 bits per heavy atom. The third-order valence-electron chi connectivity index (χ3n) is 5.01.